The molecule has 0 aromatic rings. The van der Waals surface area contributed by atoms with Crippen LogP contribution in [0.5, 0.6) is 0 Å². The summed E-state index contributed by atoms with van der Waals surface area (Å²) in [6, 6.07) is 0. The molecular weight excluding hydrogens is 130 g/mol. The standard InChI is InChI=1S/C7H11NO2/c9-6-5-7(10)1-3-8(6)4-2-7/h10H,1-5H2. The molecule has 3 aliphatic rings. The first-order chi connectivity index (χ1) is 4.70. The number of hydrogen-bond donors (Lipinski definition) is 1. The lowest BCUT2D eigenvalue weighted by Gasteiger charge is -2.44. The summed E-state index contributed by atoms with van der Waals surface area (Å²) in [5.41, 5.74) is -0.633. The molecule has 3 fully saturated rings. The van der Waals surface area contributed by atoms with Crippen LogP contribution in [0.4, 0.5) is 0 Å². The van der Waals surface area contributed by atoms with E-state index in [0.29, 0.717) is 6.42 Å². The number of piperidine rings is 3. The third-order valence-corrected chi connectivity index (χ3v) is 2.53. The number of amides is 1. The van der Waals surface area contributed by atoms with Crippen LogP contribution in [0.2, 0.25) is 0 Å². The molecule has 10 heavy (non-hydrogen) atoms. The van der Waals surface area contributed by atoms with Crippen molar-refractivity contribution in [3.63, 3.8) is 0 Å². The molecule has 1 amide bonds. The van der Waals surface area contributed by atoms with Crippen LogP contribution in [-0.4, -0.2) is 34.6 Å². The Morgan fingerprint density at radius 1 is 1.40 bits per heavy atom. The van der Waals surface area contributed by atoms with Gasteiger partial charge in [-0.1, -0.05) is 0 Å². The van der Waals surface area contributed by atoms with Gasteiger partial charge in [-0.15, -0.1) is 0 Å². The van der Waals surface area contributed by atoms with Gasteiger partial charge in [-0.25, -0.2) is 0 Å². The molecule has 0 spiro atoms. The van der Waals surface area contributed by atoms with E-state index < -0.39 is 5.60 Å². The molecule has 0 aromatic heterocycles. The molecule has 3 heteroatoms. The quantitative estimate of drug-likeness (QED) is 0.505. The monoisotopic (exact) mass is 141 g/mol. The number of nitrogens with zero attached hydrogens (tertiary/aromatic N) is 1. The third kappa shape index (κ3) is 0.736. The lowest BCUT2D eigenvalue weighted by atomic mass is 9.83. The van der Waals surface area contributed by atoms with Gasteiger partial charge >= 0.3 is 0 Å². The number of rotatable bonds is 0. The number of carbonyl (C=O) groups excluding carboxylic acids is 1. The largest absolute Gasteiger partial charge is 0.389 e. The van der Waals surface area contributed by atoms with Gasteiger partial charge in [-0.05, 0) is 12.8 Å². The van der Waals surface area contributed by atoms with Crippen LogP contribution >= 0.6 is 0 Å². The van der Waals surface area contributed by atoms with Gasteiger partial charge in [0.15, 0.2) is 0 Å². The Labute approximate surface area is 59.6 Å². The fraction of sp³-hybridized carbons (Fsp3) is 0.857. The van der Waals surface area contributed by atoms with E-state index in [9.17, 15) is 9.90 Å². The lowest BCUT2D eigenvalue weighted by molar-refractivity contribution is -0.153. The zero-order valence-corrected chi connectivity index (χ0v) is 5.84. The molecular formula is C7H11NO2. The maximum Gasteiger partial charge on any atom is 0.225 e. The summed E-state index contributed by atoms with van der Waals surface area (Å²) in [6.45, 7) is 1.52. The molecule has 0 unspecified atom stereocenters. The summed E-state index contributed by atoms with van der Waals surface area (Å²) < 4.78 is 0. The number of fused-ring (bicyclic) bond motifs is 3. The molecule has 3 nitrogen and oxygen atoms in total. The summed E-state index contributed by atoms with van der Waals surface area (Å²) in [4.78, 5) is 12.9. The normalized spacial score (nSPS) is 29.3. The molecule has 3 heterocycles. The van der Waals surface area contributed by atoms with Gasteiger partial charge < -0.3 is 10.0 Å². The van der Waals surface area contributed by atoms with Crippen molar-refractivity contribution in [2.75, 3.05) is 13.1 Å². The molecule has 56 valence electrons. The van der Waals surface area contributed by atoms with E-state index in [1.807, 2.05) is 4.90 Å². The Morgan fingerprint density at radius 3 is 2.30 bits per heavy atom. The van der Waals surface area contributed by atoms with Crippen LogP contribution in [0.1, 0.15) is 19.3 Å². The van der Waals surface area contributed by atoms with Gasteiger partial charge in [-0.2, -0.15) is 0 Å². The fourth-order valence-electron chi connectivity index (χ4n) is 1.74. The minimum absolute atomic E-state index is 0.125. The van der Waals surface area contributed by atoms with E-state index in [1.54, 1.807) is 0 Å². The van der Waals surface area contributed by atoms with Gasteiger partial charge in [0.25, 0.3) is 0 Å². The van der Waals surface area contributed by atoms with Crippen LogP contribution in [0.15, 0.2) is 0 Å². The minimum Gasteiger partial charge on any atom is -0.389 e. The van der Waals surface area contributed by atoms with Crippen molar-refractivity contribution in [1.82, 2.24) is 4.90 Å². The molecule has 0 aliphatic carbocycles. The molecule has 0 radical (unpaired) electrons. The Hall–Kier alpha value is -0.570. The summed E-state index contributed by atoms with van der Waals surface area (Å²) in [5, 5.41) is 9.64. The van der Waals surface area contributed by atoms with Crippen molar-refractivity contribution < 1.29 is 9.90 Å². The Bertz CT molecular complexity index is 170. The average molecular weight is 141 g/mol. The third-order valence-electron chi connectivity index (χ3n) is 2.53. The molecule has 2 bridgehead atoms. The zero-order chi connectivity index (χ0) is 7.19. The van der Waals surface area contributed by atoms with Crippen LogP contribution < -0.4 is 0 Å². The molecule has 3 rings (SSSR count). The first-order valence-electron chi connectivity index (χ1n) is 3.70. The SMILES string of the molecule is O=C1CC2(O)CCN1CC2. The van der Waals surface area contributed by atoms with Crippen LogP contribution in [0.25, 0.3) is 0 Å². The van der Waals surface area contributed by atoms with Gasteiger partial charge in [0.05, 0.1) is 12.0 Å². The Morgan fingerprint density at radius 2 is 2.00 bits per heavy atom. The van der Waals surface area contributed by atoms with Gasteiger partial charge in [0.1, 0.15) is 0 Å². The molecule has 0 aromatic carbocycles. The molecule has 3 saturated heterocycles. The van der Waals surface area contributed by atoms with Crippen LogP contribution in [-0.2, 0) is 4.79 Å². The summed E-state index contributed by atoms with van der Waals surface area (Å²) in [5.74, 6) is 0.125. The highest BCUT2D eigenvalue weighted by Crippen LogP contribution is 2.31. The Kier molecular flexibility index (Phi) is 1.06. The van der Waals surface area contributed by atoms with Crippen molar-refractivity contribution in [2.24, 2.45) is 0 Å². The van der Waals surface area contributed by atoms with Crippen molar-refractivity contribution in [1.29, 1.82) is 0 Å². The van der Waals surface area contributed by atoms with Crippen molar-refractivity contribution in [2.45, 2.75) is 24.9 Å². The Balaban J connectivity index is 2.22. The number of aliphatic hydroxyl groups is 1. The van der Waals surface area contributed by atoms with Crippen molar-refractivity contribution in [3.05, 3.63) is 0 Å². The van der Waals surface area contributed by atoms with E-state index in [1.165, 1.54) is 0 Å². The highest BCUT2D eigenvalue weighted by molar-refractivity contribution is 5.79. The van der Waals surface area contributed by atoms with Gasteiger partial charge in [0, 0.05) is 13.1 Å². The molecule has 0 saturated carbocycles. The second-order valence-electron chi connectivity index (χ2n) is 3.28. The van der Waals surface area contributed by atoms with Crippen molar-refractivity contribution in [3.8, 4) is 0 Å². The number of hydrogen-bond acceptors (Lipinski definition) is 2. The summed E-state index contributed by atoms with van der Waals surface area (Å²) in [6.07, 6.45) is 1.91. The topological polar surface area (TPSA) is 40.5 Å². The highest BCUT2D eigenvalue weighted by Gasteiger charge is 2.41. The first-order valence-corrected chi connectivity index (χ1v) is 3.70. The molecule has 3 aliphatic heterocycles. The fourth-order valence-corrected chi connectivity index (χ4v) is 1.74. The summed E-state index contributed by atoms with van der Waals surface area (Å²) >= 11 is 0. The van der Waals surface area contributed by atoms with Gasteiger partial charge in [0.2, 0.25) is 5.91 Å². The average Bonchev–Trinajstić information content (AvgIpc) is 1.87. The predicted octanol–water partition coefficient (Wildman–Crippen LogP) is -0.256. The van der Waals surface area contributed by atoms with E-state index in [-0.39, 0.29) is 5.91 Å². The maximum atomic E-state index is 11.0. The predicted molar refractivity (Wildman–Crippen MR) is 35.4 cm³/mol. The lowest BCUT2D eigenvalue weighted by Crippen LogP contribution is -2.55. The van der Waals surface area contributed by atoms with E-state index >= 15 is 0 Å². The van der Waals surface area contributed by atoms with Gasteiger partial charge in [-0.3, -0.25) is 4.79 Å². The number of carbonyl (C=O) groups is 1. The van der Waals surface area contributed by atoms with E-state index in [4.69, 9.17) is 0 Å². The second-order valence-corrected chi connectivity index (χ2v) is 3.28. The summed E-state index contributed by atoms with van der Waals surface area (Å²) in [7, 11) is 0. The second kappa shape index (κ2) is 1.72. The van der Waals surface area contributed by atoms with E-state index in [0.717, 1.165) is 25.9 Å². The molecule has 1 N–H and O–H groups in total. The first kappa shape index (κ1) is 6.16. The molecule has 0 atom stereocenters. The van der Waals surface area contributed by atoms with E-state index in [2.05, 4.69) is 0 Å². The zero-order valence-electron chi connectivity index (χ0n) is 5.84. The minimum atomic E-state index is -0.633. The van der Waals surface area contributed by atoms with Crippen molar-refractivity contribution >= 4 is 5.91 Å². The highest BCUT2D eigenvalue weighted by atomic mass is 16.3. The van der Waals surface area contributed by atoms with Crippen LogP contribution in [0, 0.1) is 0 Å². The van der Waals surface area contributed by atoms with Crippen LogP contribution in [0.3, 0.4) is 0 Å². The smallest absolute Gasteiger partial charge is 0.225 e. The maximum absolute atomic E-state index is 11.0.